The largest absolute Gasteiger partial charge is 0.455 e. The van der Waals surface area contributed by atoms with Crippen LogP contribution in [0.1, 0.15) is 11.3 Å². The average Bonchev–Trinajstić information content (AvgIpc) is 3.15. The van der Waals surface area contributed by atoms with Gasteiger partial charge in [0.2, 0.25) is 0 Å². The van der Waals surface area contributed by atoms with Crippen molar-refractivity contribution in [2.75, 3.05) is 13.2 Å². The third-order valence-electron chi connectivity index (χ3n) is 4.10. The van der Waals surface area contributed by atoms with Gasteiger partial charge in [0.05, 0.1) is 23.5 Å². The molecule has 1 N–H and O–H groups in total. The highest BCUT2D eigenvalue weighted by Crippen LogP contribution is 2.36. The van der Waals surface area contributed by atoms with E-state index in [0.29, 0.717) is 5.69 Å². The molecule has 0 unspecified atom stereocenters. The second-order valence-electron chi connectivity index (χ2n) is 6.35. The van der Waals surface area contributed by atoms with Crippen LogP contribution in [0.3, 0.4) is 0 Å². The van der Waals surface area contributed by atoms with Gasteiger partial charge in [-0.15, -0.1) is 17.8 Å². The van der Waals surface area contributed by atoms with Crippen LogP contribution in [0, 0.1) is 19.3 Å². The van der Waals surface area contributed by atoms with Crippen molar-refractivity contribution in [2.24, 2.45) is 0 Å². The van der Waals surface area contributed by atoms with E-state index in [4.69, 9.17) is 11.2 Å². The quantitative estimate of drug-likeness (QED) is 0.482. The highest BCUT2D eigenvalue weighted by atomic mass is 32.1. The maximum atomic E-state index is 12.3. The van der Waals surface area contributed by atoms with Crippen LogP contribution < -0.4 is 5.32 Å². The van der Waals surface area contributed by atoms with E-state index in [1.165, 1.54) is 11.3 Å². The van der Waals surface area contributed by atoms with Crippen LogP contribution >= 0.6 is 11.3 Å². The normalized spacial score (nSPS) is 10.2. The number of benzene rings is 2. The fourth-order valence-electron chi connectivity index (χ4n) is 2.64. The van der Waals surface area contributed by atoms with Crippen LogP contribution in [0.25, 0.3) is 21.0 Å². The summed E-state index contributed by atoms with van der Waals surface area (Å²) in [6.45, 7) is 1.76. The molecule has 3 rings (SSSR count). The Balaban J connectivity index is 1.81. The first-order chi connectivity index (χ1) is 14.1. The molecule has 0 bridgehead atoms. The van der Waals surface area contributed by atoms with Crippen LogP contribution in [0.2, 0.25) is 0 Å². The molecule has 0 fully saturated rings. The molecule has 1 amide bonds. The lowest BCUT2D eigenvalue weighted by molar-refractivity contribution is -0.147. The van der Waals surface area contributed by atoms with Crippen molar-refractivity contribution in [3.05, 3.63) is 65.9 Å². The molecular weight excluding hydrogens is 384 g/mol. The number of hydrogen-bond donors (Lipinski definition) is 1. The smallest absolute Gasteiger partial charge is 0.312 e. The number of ether oxygens (including phenoxy) is 1. The predicted molar refractivity (Wildman–Crippen MR) is 114 cm³/mol. The number of hydrogen-bond acceptors (Lipinski definition) is 5. The summed E-state index contributed by atoms with van der Waals surface area (Å²) < 4.78 is 5.07. The molecule has 0 aliphatic rings. The maximum Gasteiger partial charge on any atom is 0.312 e. The SMILES string of the molecule is C#CCNC(=O)COC(=O)Cc1nc(-c2ccccc2)sc1-c1ccc(C)cc1. The van der Waals surface area contributed by atoms with Gasteiger partial charge >= 0.3 is 5.97 Å². The highest BCUT2D eigenvalue weighted by Gasteiger charge is 2.18. The summed E-state index contributed by atoms with van der Waals surface area (Å²) in [5.41, 5.74) is 3.76. The van der Waals surface area contributed by atoms with Crippen molar-refractivity contribution in [1.29, 1.82) is 0 Å². The van der Waals surface area contributed by atoms with Crippen LogP contribution in [-0.2, 0) is 20.7 Å². The van der Waals surface area contributed by atoms with Gasteiger partial charge in [-0.2, -0.15) is 0 Å². The topological polar surface area (TPSA) is 68.3 Å². The number of nitrogens with one attached hydrogen (secondary N) is 1. The van der Waals surface area contributed by atoms with Gasteiger partial charge in [0, 0.05) is 5.56 Å². The molecule has 5 nitrogen and oxygen atoms in total. The second-order valence-corrected chi connectivity index (χ2v) is 7.34. The molecule has 0 aliphatic carbocycles. The molecular formula is C23H20N2O3S. The van der Waals surface area contributed by atoms with Gasteiger partial charge in [0.25, 0.3) is 5.91 Å². The Labute approximate surface area is 173 Å². The summed E-state index contributed by atoms with van der Waals surface area (Å²) in [5.74, 6) is 1.35. The number of carbonyl (C=O) groups is 2. The molecule has 6 heteroatoms. The van der Waals surface area contributed by atoms with Crippen LogP contribution in [0.4, 0.5) is 0 Å². The fourth-order valence-corrected chi connectivity index (χ4v) is 3.73. The van der Waals surface area contributed by atoms with E-state index >= 15 is 0 Å². The fraction of sp³-hybridized carbons (Fsp3) is 0.174. The average molecular weight is 404 g/mol. The minimum atomic E-state index is -0.515. The van der Waals surface area contributed by atoms with Crippen molar-refractivity contribution in [3.8, 4) is 33.4 Å². The van der Waals surface area contributed by atoms with Crippen LogP contribution in [0.15, 0.2) is 54.6 Å². The summed E-state index contributed by atoms with van der Waals surface area (Å²) in [5, 5.41) is 3.28. The minimum absolute atomic E-state index is 0.0189. The van der Waals surface area contributed by atoms with E-state index < -0.39 is 11.9 Å². The van der Waals surface area contributed by atoms with Gasteiger partial charge < -0.3 is 10.1 Å². The number of esters is 1. The monoisotopic (exact) mass is 404 g/mol. The highest BCUT2D eigenvalue weighted by molar-refractivity contribution is 7.18. The summed E-state index contributed by atoms with van der Waals surface area (Å²) in [7, 11) is 0. The standard InChI is InChI=1S/C23H20N2O3S/c1-3-13-24-20(26)15-28-21(27)14-19-22(17-11-9-16(2)10-12-17)29-23(25-19)18-7-5-4-6-8-18/h1,4-12H,13-15H2,2H3,(H,24,26). The molecule has 0 saturated heterocycles. The number of nitrogens with zero attached hydrogens (tertiary/aromatic N) is 1. The third-order valence-corrected chi connectivity index (χ3v) is 5.29. The predicted octanol–water partition coefficient (Wildman–Crippen LogP) is 3.62. The number of aryl methyl sites for hydroxylation is 1. The lowest BCUT2D eigenvalue weighted by atomic mass is 10.1. The molecule has 1 heterocycles. The molecule has 3 aromatic rings. The summed E-state index contributed by atoms with van der Waals surface area (Å²) in [6, 6.07) is 17.9. The lowest BCUT2D eigenvalue weighted by Crippen LogP contribution is -2.29. The van der Waals surface area contributed by atoms with Crippen molar-refractivity contribution < 1.29 is 14.3 Å². The number of terminal acetylenes is 1. The Morgan fingerprint density at radius 3 is 2.52 bits per heavy atom. The number of aromatic nitrogens is 1. The second kappa shape index (κ2) is 9.67. The number of rotatable bonds is 7. The molecule has 0 radical (unpaired) electrons. The Bertz CT molecular complexity index is 1030. The van der Waals surface area contributed by atoms with Crippen molar-refractivity contribution in [2.45, 2.75) is 13.3 Å². The zero-order valence-electron chi connectivity index (χ0n) is 16.0. The minimum Gasteiger partial charge on any atom is -0.455 e. The van der Waals surface area contributed by atoms with E-state index in [9.17, 15) is 9.59 Å². The molecule has 0 aliphatic heterocycles. The van der Waals surface area contributed by atoms with Gasteiger partial charge in [0.15, 0.2) is 6.61 Å². The van der Waals surface area contributed by atoms with E-state index in [1.54, 1.807) is 0 Å². The first kappa shape index (κ1) is 20.3. The summed E-state index contributed by atoms with van der Waals surface area (Å²) in [4.78, 5) is 29.5. The molecule has 0 atom stereocenters. The zero-order valence-corrected chi connectivity index (χ0v) is 16.8. The van der Waals surface area contributed by atoms with Crippen molar-refractivity contribution >= 4 is 23.2 Å². The molecule has 0 spiro atoms. The number of carbonyl (C=O) groups excluding carboxylic acids is 2. The molecule has 146 valence electrons. The van der Waals surface area contributed by atoms with E-state index in [1.807, 2.05) is 61.5 Å². The summed E-state index contributed by atoms with van der Waals surface area (Å²) >= 11 is 1.53. The van der Waals surface area contributed by atoms with Crippen LogP contribution in [-0.4, -0.2) is 30.0 Å². The zero-order chi connectivity index (χ0) is 20.6. The van der Waals surface area contributed by atoms with Gasteiger partial charge in [-0.3, -0.25) is 9.59 Å². The maximum absolute atomic E-state index is 12.3. The Hall–Kier alpha value is -3.43. The molecule has 1 aromatic heterocycles. The van der Waals surface area contributed by atoms with Gasteiger partial charge in [0.1, 0.15) is 5.01 Å². The summed E-state index contributed by atoms with van der Waals surface area (Å²) in [6.07, 6.45) is 5.07. The first-order valence-corrected chi connectivity index (χ1v) is 9.86. The lowest BCUT2D eigenvalue weighted by Gasteiger charge is -2.05. The number of thiazole rings is 1. The third kappa shape index (κ3) is 5.53. The van der Waals surface area contributed by atoms with E-state index in [0.717, 1.165) is 26.6 Å². The Kier molecular flexibility index (Phi) is 6.77. The first-order valence-electron chi connectivity index (χ1n) is 9.05. The van der Waals surface area contributed by atoms with Crippen molar-refractivity contribution in [1.82, 2.24) is 10.3 Å². The van der Waals surface area contributed by atoms with E-state index in [-0.39, 0.29) is 19.6 Å². The van der Waals surface area contributed by atoms with Crippen molar-refractivity contribution in [3.63, 3.8) is 0 Å². The van der Waals surface area contributed by atoms with Gasteiger partial charge in [-0.25, -0.2) is 4.98 Å². The van der Waals surface area contributed by atoms with Crippen LogP contribution in [0.5, 0.6) is 0 Å². The van der Waals surface area contributed by atoms with E-state index in [2.05, 4.69) is 16.2 Å². The molecule has 0 saturated carbocycles. The number of amides is 1. The molecule has 2 aromatic carbocycles. The Morgan fingerprint density at radius 2 is 1.83 bits per heavy atom. The van der Waals surface area contributed by atoms with Gasteiger partial charge in [-0.1, -0.05) is 66.1 Å². The van der Waals surface area contributed by atoms with Gasteiger partial charge in [-0.05, 0) is 12.5 Å². The molecule has 29 heavy (non-hydrogen) atoms. The Morgan fingerprint density at radius 1 is 1.10 bits per heavy atom.